The number of fused-ring (bicyclic) bond motifs is 4. The Hall–Kier alpha value is -2.08. The summed E-state index contributed by atoms with van der Waals surface area (Å²) in [6.07, 6.45) is 4.49. The van der Waals surface area contributed by atoms with Crippen LogP contribution in [0.15, 0.2) is 24.4 Å². The number of anilines is 1. The van der Waals surface area contributed by atoms with E-state index in [1.54, 1.807) is 4.90 Å². The average Bonchev–Trinajstić information content (AvgIpc) is 3.06. The van der Waals surface area contributed by atoms with E-state index in [2.05, 4.69) is 21.0 Å². The lowest BCUT2D eigenvalue weighted by atomic mass is 9.84. The molecule has 6 nitrogen and oxygen atoms in total. The van der Waals surface area contributed by atoms with E-state index in [-0.39, 0.29) is 6.03 Å². The molecule has 3 fully saturated rings. The van der Waals surface area contributed by atoms with Crippen LogP contribution in [-0.4, -0.2) is 58.3 Å². The SMILES string of the molecule is CCN(CC)C(=O)Nc1ccc2c(cnn2[C@@H]2CN3CCC2CC3)c1. The third-order valence-electron chi connectivity index (χ3n) is 5.83. The lowest BCUT2D eigenvalue weighted by Gasteiger charge is -2.44. The monoisotopic (exact) mass is 341 g/mol. The van der Waals surface area contributed by atoms with E-state index in [0.29, 0.717) is 19.1 Å². The average molecular weight is 341 g/mol. The molecule has 0 aliphatic carbocycles. The number of amides is 2. The minimum absolute atomic E-state index is 0.0471. The summed E-state index contributed by atoms with van der Waals surface area (Å²) in [4.78, 5) is 16.6. The molecule has 5 rings (SSSR count). The van der Waals surface area contributed by atoms with Gasteiger partial charge in [0.25, 0.3) is 0 Å². The Labute approximate surface area is 148 Å². The van der Waals surface area contributed by atoms with Crippen molar-refractivity contribution in [2.75, 3.05) is 38.0 Å². The minimum Gasteiger partial charge on any atom is -0.325 e. The van der Waals surface area contributed by atoms with Crippen LogP contribution in [0.1, 0.15) is 32.7 Å². The van der Waals surface area contributed by atoms with E-state index >= 15 is 0 Å². The van der Waals surface area contributed by atoms with Gasteiger partial charge >= 0.3 is 6.03 Å². The van der Waals surface area contributed by atoms with Gasteiger partial charge in [0.15, 0.2) is 0 Å². The number of urea groups is 1. The Balaban J connectivity index is 1.56. The molecule has 4 heterocycles. The van der Waals surface area contributed by atoms with Crippen molar-refractivity contribution in [1.82, 2.24) is 19.6 Å². The Morgan fingerprint density at radius 1 is 1.28 bits per heavy atom. The fourth-order valence-electron chi connectivity index (χ4n) is 4.32. The van der Waals surface area contributed by atoms with E-state index in [9.17, 15) is 4.79 Å². The van der Waals surface area contributed by atoms with Crippen LogP contribution in [0.4, 0.5) is 10.5 Å². The summed E-state index contributed by atoms with van der Waals surface area (Å²) in [6, 6.07) is 6.55. The second kappa shape index (κ2) is 6.67. The van der Waals surface area contributed by atoms with Crippen LogP contribution in [0.2, 0.25) is 0 Å². The van der Waals surface area contributed by atoms with Gasteiger partial charge < -0.3 is 15.1 Å². The largest absolute Gasteiger partial charge is 0.325 e. The zero-order valence-corrected chi connectivity index (χ0v) is 15.1. The van der Waals surface area contributed by atoms with Crippen LogP contribution in [0.3, 0.4) is 0 Å². The van der Waals surface area contributed by atoms with E-state index in [1.807, 2.05) is 32.2 Å². The van der Waals surface area contributed by atoms with Crippen LogP contribution in [0, 0.1) is 5.92 Å². The van der Waals surface area contributed by atoms with E-state index in [1.165, 1.54) is 31.4 Å². The third kappa shape index (κ3) is 2.99. The third-order valence-corrected chi connectivity index (χ3v) is 5.83. The van der Waals surface area contributed by atoms with Crippen molar-refractivity contribution in [3.05, 3.63) is 24.4 Å². The van der Waals surface area contributed by atoms with Crippen molar-refractivity contribution in [2.24, 2.45) is 5.92 Å². The van der Waals surface area contributed by atoms with Crippen LogP contribution < -0.4 is 5.32 Å². The maximum Gasteiger partial charge on any atom is 0.321 e. The first-order chi connectivity index (χ1) is 12.2. The summed E-state index contributed by atoms with van der Waals surface area (Å²) in [5.74, 6) is 0.746. The highest BCUT2D eigenvalue weighted by molar-refractivity contribution is 5.92. The van der Waals surface area contributed by atoms with E-state index in [4.69, 9.17) is 5.10 Å². The molecule has 1 N–H and O–H groups in total. The number of nitrogens with zero attached hydrogens (tertiary/aromatic N) is 4. The van der Waals surface area contributed by atoms with Crippen molar-refractivity contribution in [3.8, 4) is 0 Å². The fraction of sp³-hybridized carbons (Fsp3) is 0.579. The standard InChI is InChI=1S/C19H27N5O/c1-3-23(4-2)19(25)21-16-5-6-17-15(11-16)12-20-24(17)18-13-22-9-7-14(18)8-10-22/h5-6,11-12,14,18H,3-4,7-10,13H2,1-2H3,(H,21,25)/t18-/m1/s1. The predicted molar refractivity (Wildman–Crippen MR) is 99.9 cm³/mol. The van der Waals surface area contributed by atoms with Gasteiger partial charge in [-0.25, -0.2) is 4.79 Å². The van der Waals surface area contributed by atoms with Crippen LogP contribution in [0.5, 0.6) is 0 Å². The Morgan fingerprint density at radius 3 is 2.68 bits per heavy atom. The summed E-state index contributed by atoms with van der Waals surface area (Å²) in [5.41, 5.74) is 2.00. The van der Waals surface area contributed by atoms with E-state index in [0.717, 1.165) is 23.5 Å². The molecule has 1 aromatic heterocycles. The highest BCUT2D eigenvalue weighted by Gasteiger charge is 2.36. The van der Waals surface area contributed by atoms with Gasteiger partial charge in [-0.15, -0.1) is 0 Å². The van der Waals surface area contributed by atoms with Crippen molar-refractivity contribution in [1.29, 1.82) is 0 Å². The quantitative estimate of drug-likeness (QED) is 0.929. The normalized spacial score (nSPS) is 25.3. The molecule has 1 atom stereocenters. The zero-order valence-electron chi connectivity index (χ0n) is 15.1. The molecule has 3 saturated heterocycles. The lowest BCUT2D eigenvalue weighted by molar-refractivity contribution is 0.0534. The molecule has 25 heavy (non-hydrogen) atoms. The number of piperidine rings is 3. The number of carbonyl (C=O) groups is 1. The molecule has 3 aliphatic heterocycles. The number of aromatic nitrogens is 2. The van der Waals surface area contributed by atoms with Gasteiger partial charge in [0.05, 0.1) is 17.8 Å². The first-order valence-corrected chi connectivity index (χ1v) is 9.45. The smallest absolute Gasteiger partial charge is 0.321 e. The molecule has 0 unspecified atom stereocenters. The summed E-state index contributed by atoms with van der Waals surface area (Å²) in [5, 5.41) is 8.78. The van der Waals surface area contributed by atoms with Crippen LogP contribution in [-0.2, 0) is 0 Å². The Bertz CT molecular complexity index is 758. The number of benzene rings is 1. The first-order valence-electron chi connectivity index (χ1n) is 9.45. The number of carbonyl (C=O) groups excluding carboxylic acids is 1. The molecule has 3 aliphatic rings. The topological polar surface area (TPSA) is 53.4 Å². The Kier molecular flexibility index (Phi) is 4.37. The molecular formula is C19H27N5O. The summed E-state index contributed by atoms with van der Waals surface area (Å²) < 4.78 is 2.21. The predicted octanol–water partition coefficient (Wildman–Crippen LogP) is 3.18. The molecule has 6 heteroatoms. The summed E-state index contributed by atoms with van der Waals surface area (Å²) in [7, 11) is 0. The number of nitrogens with one attached hydrogen (secondary N) is 1. The van der Waals surface area contributed by atoms with E-state index < -0.39 is 0 Å². The second-order valence-electron chi connectivity index (χ2n) is 7.17. The van der Waals surface area contributed by atoms with Gasteiger partial charge in [0.2, 0.25) is 0 Å². The van der Waals surface area contributed by atoms with Gasteiger partial charge in [0, 0.05) is 30.7 Å². The van der Waals surface area contributed by atoms with Crippen molar-refractivity contribution >= 4 is 22.6 Å². The molecule has 0 radical (unpaired) electrons. The summed E-state index contributed by atoms with van der Waals surface area (Å²) >= 11 is 0. The molecule has 0 saturated carbocycles. The minimum atomic E-state index is -0.0471. The first kappa shape index (κ1) is 16.4. The van der Waals surface area contributed by atoms with Gasteiger partial charge in [-0.05, 0) is 63.9 Å². The van der Waals surface area contributed by atoms with Gasteiger partial charge in [-0.1, -0.05) is 0 Å². The molecule has 134 valence electrons. The molecule has 1 aromatic carbocycles. The maximum absolute atomic E-state index is 12.2. The maximum atomic E-state index is 12.2. The van der Waals surface area contributed by atoms with Crippen molar-refractivity contribution in [2.45, 2.75) is 32.7 Å². The molecule has 2 aromatic rings. The zero-order chi connectivity index (χ0) is 17.4. The molecule has 0 spiro atoms. The van der Waals surface area contributed by atoms with Gasteiger partial charge in [-0.3, -0.25) is 4.68 Å². The number of hydrogen-bond acceptors (Lipinski definition) is 3. The highest BCUT2D eigenvalue weighted by Crippen LogP contribution is 2.37. The van der Waals surface area contributed by atoms with Crippen LogP contribution >= 0.6 is 0 Å². The van der Waals surface area contributed by atoms with Crippen molar-refractivity contribution < 1.29 is 4.79 Å². The van der Waals surface area contributed by atoms with Crippen LogP contribution in [0.25, 0.3) is 10.9 Å². The van der Waals surface area contributed by atoms with Crippen molar-refractivity contribution in [3.63, 3.8) is 0 Å². The molecule has 2 amide bonds. The van der Waals surface area contributed by atoms with Gasteiger partial charge in [0.1, 0.15) is 0 Å². The van der Waals surface area contributed by atoms with Gasteiger partial charge in [-0.2, -0.15) is 5.10 Å². The fourth-order valence-corrected chi connectivity index (χ4v) is 4.32. The summed E-state index contributed by atoms with van der Waals surface area (Å²) in [6.45, 7) is 8.99. The number of hydrogen-bond donors (Lipinski definition) is 1. The Morgan fingerprint density at radius 2 is 2.04 bits per heavy atom. The highest BCUT2D eigenvalue weighted by atomic mass is 16.2. The second-order valence-corrected chi connectivity index (χ2v) is 7.17. The number of rotatable bonds is 4. The molecular weight excluding hydrogens is 314 g/mol. The molecule has 2 bridgehead atoms. The lowest BCUT2D eigenvalue weighted by Crippen LogP contribution is -2.48.